The summed E-state index contributed by atoms with van der Waals surface area (Å²) in [4.78, 5) is 14.2. The van der Waals surface area contributed by atoms with Gasteiger partial charge in [0.25, 0.3) is 0 Å². The Hall–Kier alpha value is -1.55. The van der Waals surface area contributed by atoms with Crippen molar-refractivity contribution in [2.45, 2.75) is 38.8 Å². The van der Waals surface area contributed by atoms with Crippen LogP contribution in [0.4, 0.5) is 0 Å². The number of nitrogens with zero attached hydrogens (tertiary/aromatic N) is 1. The highest BCUT2D eigenvalue weighted by atomic mass is 16.5. The van der Waals surface area contributed by atoms with Gasteiger partial charge in [-0.2, -0.15) is 0 Å². The molecule has 1 fully saturated rings. The van der Waals surface area contributed by atoms with Gasteiger partial charge in [0.15, 0.2) is 0 Å². The summed E-state index contributed by atoms with van der Waals surface area (Å²) in [6, 6.07) is 8.72. The van der Waals surface area contributed by atoms with Gasteiger partial charge in [-0.15, -0.1) is 0 Å². The van der Waals surface area contributed by atoms with Crippen LogP contribution in [0.2, 0.25) is 0 Å². The first-order valence-electron chi connectivity index (χ1n) is 7.27. The molecule has 0 spiro atoms. The number of rotatable bonds is 5. The molecule has 0 aromatic heterocycles. The molecule has 4 heteroatoms. The van der Waals surface area contributed by atoms with Crippen LogP contribution in [0.3, 0.4) is 0 Å². The van der Waals surface area contributed by atoms with Crippen LogP contribution in [0, 0.1) is 0 Å². The van der Waals surface area contributed by atoms with E-state index in [4.69, 9.17) is 4.74 Å². The molecule has 1 aromatic rings. The minimum Gasteiger partial charge on any atom is -0.497 e. The van der Waals surface area contributed by atoms with Crippen molar-refractivity contribution >= 4 is 5.91 Å². The average Bonchev–Trinajstić information content (AvgIpc) is 2.86. The van der Waals surface area contributed by atoms with Gasteiger partial charge in [0, 0.05) is 12.1 Å². The van der Waals surface area contributed by atoms with Crippen molar-refractivity contribution in [2.24, 2.45) is 0 Å². The lowest BCUT2D eigenvalue weighted by Gasteiger charge is -2.24. The highest BCUT2D eigenvalue weighted by molar-refractivity contribution is 5.78. The largest absolute Gasteiger partial charge is 0.497 e. The van der Waals surface area contributed by atoms with Crippen molar-refractivity contribution in [1.82, 2.24) is 10.2 Å². The lowest BCUT2D eigenvalue weighted by Crippen LogP contribution is -2.39. The first kappa shape index (κ1) is 14.9. The molecule has 1 aromatic carbocycles. The lowest BCUT2D eigenvalue weighted by molar-refractivity contribution is -0.122. The van der Waals surface area contributed by atoms with E-state index in [-0.39, 0.29) is 11.9 Å². The minimum atomic E-state index is 0.111. The maximum atomic E-state index is 11.9. The van der Waals surface area contributed by atoms with Crippen molar-refractivity contribution in [3.63, 3.8) is 0 Å². The van der Waals surface area contributed by atoms with Crippen LogP contribution in [0.25, 0.3) is 0 Å². The molecule has 1 N–H and O–H groups in total. The number of likely N-dealkylation sites (tertiary alicyclic amines) is 1. The van der Waals surface area contributed by atoms with Crippen molar-refractivity contribution in [1.29, 1.82) is 0 Å². The van der Waals surface area contributed by atoms with Gasteiger partial charge in [0.2, 0.25) is 5.91 Å². The summed E-state index contributed by atoms with van der Waals surface area (Å²) >= 11 is 0. The summed E-state index contributed by atoms with van der Waals surface area (Å²) in [5.74, 6) is 0.983. The number of hydrogen-bond donors (Lipinski definition) is 1. The van der Waals surface area contributed by atoms with Gasteiger partial charge in [-0.3, -0.25) is 9.69 Å². The SMILES string of the molecule is COc1ccc(C2CCCN2CC(=O)NC(C)C)cc1. The number of carbonyl (C=O) groups excluding carboxylic acids is 1. The Morgan fingerprint density at radius 2 is 2.10 bits per heavy atom. The number of benzene rings is 1. The number of amides is 1. The van der Waals surface area contributed by atoms with Crippen LogP contribution in [-0.2, 0) is 4.79 Å². The minimum absolute atomic E-state index is 0.111. The number of carbonyl (C=O) groups is 1. The third-order valence-corrected chi connectivity index (χ3v) is 3.66. The molecular formula is C16H24N2O2. The van der Waals surface area contributed by atoms with E-state index < -0.39 is 0 Å². The van der Waals surface area contributed by atoms with Gasteiger partial charge in [0.05, 0.1) is 13.7 Å². The Balaban J connectivity index is 2.00. The van der Waals surface area contributed by atoms with Gasteiger partial charge >= 0.3 is 0 Å². The second kappa shape index (κ2) is 6.75. The molecule has 20 heavy (non-hydrogen) atoms. The molecule has 2 rings (SSSR count). The van der Waals surface area contributed by atoms with E-state index in [1.165, 1.54) is 5.56 Å². The third kappa shape index (κ3) is 3.73. The molecule has 1 saturated heterocycles. The van der Waals surface area contributed by atoms with Crippen LogP contribution in [0.1, 0.15) is 38.3 Å². The zero-order valence-corrected chi connectivity index (χ0v) is 12.6. The monoisotopic (exact) mass is 276 g/mol. The van der Waals surface area contributed by atoms with E-state index in [0.29, 0.717) is 12.6 Å². The van der Waals surface area contributed by atoms with Crippen LogP contribution in [-0.4, -0.2) is 37.0 Å². The molecular weight excluding hydrogens is 252 g/mol. The maximum Gasteiger partial charge on any atom is 0.234 e. The Morgan fingerprint density at radius 3 is 2.70 bits per heavy atom. The number of nitrogens with one attached hydrogen (secondary N) is 1. The molecule has 4 nitrogen and oxygen atoms in total. The van der Waals surface area contributed by atoms with Crippen LogP contribution in [0.5, 0.6) is 5.75 Å². The van der Waals surface area contributed by atoms with Gasteiger partial charge < -0.3 is 10.1 Å². The molecule has 0 bridgehead atoms. The highest BCUT2D eigenvalue weighted by Gasteiger charge is 2.27. The average molecular weight is 276 g/mol. The Bertz CT molecular complexity index is 442. The topological polar surface area (TPSA) is 41.6 Å². The standard InChI is InChI=1S/C16H24N2O2/c1-12(2)17-16(19)11-18-10-4-5-15(18)13-6-8-14(20-3)9-7-13/h6-9,12,15H,4-5,10-11H2,1-3H3,(H,17,19). The van der Waals surface area contributed by atoms with Crippen molar-refractivity contribution in [3.8, 4) is 5.75 Å². The van der Waals surface area contributed by atoms with E-state index in [2.05, 4.69) is 22.3 Å². The van der Waals surface area contributed by atoms with Gasteiger partial charge in [-0.25, -0.2) is 0 Å². The molecule has 1 amide bonds. The number of ether oxygens (including phenoxy) is 1. The van der Waals surface area contributed by atoms with Crippen molar-refractivity contribution < 1.29 is 9.53 Å². The zero-order valence-electron chi connectivity index (χ0n) is 12.6. The maximum absolute atomic E-state index is 11.9. The van der Waals surface area contributed by atoms with Gasteiger partial charge in [-0.1, -0.05) is 12.1 Å². The van der Waals surface area contributed by atoms with E-state index in [0.717, 1.165) is 25.1 Å². The quantitative estimate of drug-likeness (QED) is 0.897. The van der Waals surface area contributed by atoms with E-state index in [1.54, 1.807) is 7.11 Å². The fourth-order valence-electron chi connectivity index (χ4n) is 2.77. The lowest BCUT2D eigenvalue weighted by atomic mass is 10.0. The highest BCUT2D eigenvalue weighted by Crippen LogP contribution is 2.32. The Kier molecular flexibility index (Phi) is 5.01. The molecule has 1 aliphatic rings. The molecule has 0 radical (unpaired) electrons. The smallest absolute Gasteiger partial charge is 0.234 e. The number of methoxy groups -OCH3 is 1. The fraction of sp³-hybridized carbons (Fsp3) is 0.562. The van der Waals surface area contributed by atoms with Crippen LogP contribution >= 0.6 is 0 Å². The summed E-state index contributed by atoms with van der Waals surface area (Å²) in [6.45, 7) is 5.45. The summed E-state index contributed by atoms with van der Waals surface area (Å²) in [5, 5.41) is 2.96. The zero-order chi connectivity index (χ0) is 14.5. The molecule has 0 aliphatic carbocycles. The predicted octanol–water partition coefficient (Wildman–Crippen LogP) is 2.36. The second-order valence-electron chi connectivity index (χ2n) is 5.62. The van der Waals surface area contributed by atoms with Crippen molar-refractivity contribution in [2.75, 3.05) is 20.2 Å². The second-order valence-corrected chi connectivity index (χ2v) is 5.62. The molecule has 1 atom stereocenters. The number of hydrogen-bond acceptors (Lipinski definition) is 3. The molecule has 110 valence electrons. The first-order chi connectivity index (χ1) is 9.60. The summed E-state index contributed by atoms with van der Waals surface area (Å²) in [6.07, 6.45) is 2.26. The Morgan fingerprint density at radius 1 is 1.40 bits per heavy atom. The van der Waals surface area contributed by atoms with Gasteiger partial charge in [-0.05, 0) is 50.9 Å². The molecule has 0 saturated carbocycles. The van der Waals surface area contributed by atoms with Gasteiger partial charge in [0.1, 0.15) is 5.75 Å². The van der Waals surface area contributed by atoms with E-state index in [1.807, 2.05) is 26.0 Å². The van der Waals surface area contributed by atoms with E-state index >= 15 is 0 Å². The molecule has 1 aliphatic heterocycles. The molecule has 1 heterocycles. The summed E-state index contributed by atoms with van der Waals surface area (Å²) in [5.41, 5.74) is 1.26. The van der Waals surface area contributed by atoms with Crippen LogP contribution in [0.15, 0.2) is 24.3 Å². The van der Waals surface area contributed by atoms with Crippen molar-refractivity contribution in [3.05, 3.63) is 29.8 Å². The van der Waals surface area contributed by atoms with Crippen LogP contribution < -0.4 is 10.1 Å². The summed E-state index contributed by atoms with van der Waals surface area (Å²) < 4.78 is 5.19. The predicted molar refractivity (Wildman–Crippen MR) is 79.8 cm³/mol. The fourth-order valence-corrected chi connectivity index (χ4v) is 2.77. The molecule has 1 unspecified atom stereocenters. The first-order valence-corrected chi connectivity index (χ1v) is 7.27. The Labute approximate surface area is 121 Å². The normalized spacial score (nSPS) is 19.3. The third-order valence-electron chi connectivity index (χ3n) is 3.66. The summed E-state index contributed by atoms with van der Waals surface area (Å²) in [7, 11) is 1.67. The van der Waals surface area contributed by atoms with E-state index in [9.17, 15) is 4.79 Å².